The molecule has 0 unspecified atom stereocenters. The fourth-order valence-corrected chi connectivity index (χ4v) is 1.95. The minimum absolute atomic E-state index is 0. The summed E-state index contributed by atoms with van der Waals surface area (Å²) in [5.41, 5.74) is 1.82. The molecule has 0 fully saturated rings. The molecule has 0 aliphatic rings. The third kappa shape index (κ3) is 2.95. The lowest BCUT2D eigenvalue weighted by molar-refractivity contribution is 1.22. The van der Waals surface area contributed by atoms with E-state index in [1.807, 2.05) is 48.5 Å². The molecule has 0 aliphatic heterocycles. The Hall–Kier alpha value is -1.84. The van der Waals surface area contributed by atoms with Crippen LogP contribution in [0.3, 0.4) is 0 Å². The van der Waals surface area contributed by atoms with Crippen molar-refractivity contribution in [2.24, 2.45) is 0 Å². The van der Waals surface area contributed by atoms with Crippen LogP contribution in [0.2, 0.25) is 5.02 Å². The van der Waals surface area contributed by atoms with Gasteiger partial charge >= 0.3 is 0 Å². The summed E-state index contributed by atoms with van der Waals surface area (Å²) in [5, 5.41) is 4.89. The molecule has 0 amide bonds. The summed E-state index contributed by atoms with van der Waals surface area (Å²) in [6.07, 6.45) is 1.53. The summed E-state index contributed by atoms with van der Waals surface area (Å²) >= 11 is 5.95. The Morgan fingerprint density at radius 1 is 0.947 bits per heavy atom. The van der Waals surface area contributed by atoms with Gasteiger partial charge in [0.15, 0.2) is 0 Å². The molecule has 0 saturated heterocycles. The van der Waals surface area contributed by atoms with E-state index in [1.54, 1.807) is 0 Å². The molecule has 0 atom stereocenters. The van der Waals surface area contributed by atoms with Gasteiger partial charge in [-0.1, -0.05) is 29.8 Å². The highest BCUT2D eigenvalue weighted by Crippen LogP contribution is 2.24. The number of fused-ring (bicyclic) bond motifs is 1. The van der Waals surface area contributed by atoms with E-state index < -0.39 is 0 Å². The zero-order chi connectivity index (χ0) is 12.4. The molecule has 2 aromatic carbocycles. The first-order valence-electron chi connectivity index (χ1n) is 5.55. The number of para-hydroxylation sites is 1. The van der Waals surface area contributed by atoms with E-state index in [0.29, 0.717) is 5.02 Å². The van der Waals surface area contributed by atoms with Gasteiger partial charge in [-0.05, 0) is 30.3 Å². The standard InChI is InChI=1S/C14H10ClN3.ClH/c15-10-6-7-12-13(8-10)16-9-17-14(12)18-11-4-2-1-3-5-11;/h1-9H,(H,16,17,18);1H. The molecule has 19 heavy (non-hydrogen) atoms. The van der Waals surface area contributed by atoms with Gasteiger partial charge in [0.2, 0.25) is 0 Å². The summed E-state index contributed by atoms with van der Waals surface area (Å²) < 4.78 is 0. The van der Waals surface area contributed by atoms with Gasteiger partial charge < -0.3 is 5.32 Å². The van der Waals surface area contributed by atoms with Crippen LogP contribution in [0.1, 0.15) is 0 Å². The fraction of sp³-hybridized carbons (Fsp3) is 0. The molecule has 3 nitrogen and oxygen atoms in total. The normalized spacial score (nSPS) is 9.95. The zero-order valence-electron chi connectivity index (χ0n) is 9.88. The summed E-state index contributed by atoms with van der Waals surface area (Å²) in [4.78, 5) is 8.48. The number of hydrogen-bond acceptors (Lipinski definition) is 3. The van der Waals surface area contributed by atoms with E-state index in [0.717, 1.165) is 22.4 Å². The molecule has 3 aromatic rings. The molecule has 0 bridgehead atoms. The molecule has 3 rings (SSSR count). The van der Waals surface area contributed by atoms with Crippen molar-refractivity contribution in [1.29, 1.82) is 0 Å². The van der Waals surface area contributed by atoms with E-state index in [2.05, 4.69) is 15.3 Å². The molecule has 96 valence electrons. The topological polar surface area (TPSA) is 37.8 Å². The first-order chi connectivity index (χ1) is 8.83. The van der Waals surface area contributed by atoms with E-state index in [4.69, 9.17) is 11.6 Å². The van der Waals surface area contributed by atoms with Gasteiger partial charge in [0.05, 0.1) is 5.52 Å². The first kappa shape index (κ1) is 13.6. The number of aromatic nitrogens is 2. The SMILES string of the molecule is Cl.Clc1ccc2c(Nc3ccccc3)ncnc2c1. The lowest BCUT2D eigenvalue weighted by Crippen LogP contribution is -1.95. The number of nitrogens with one attached hydrogen (secondary N) is 1. The molecule has 0 spiro atoms. The molecule has 0 saturated carbocycles. The summed E-state index contributed by atoms with van der Waals surface area (Å²) in [5.74, 6) is 0.780. The lowest BCUT2D eigenvalue weighted by atomic mass is 10.2. The molecule has 1 heterocycles. The maximum Gasteiger partial charge on any atom is 0.141 e. The summed E-state index contributed by atoms with van der Waals surface area (Å²) in [6.45, 7) is 0. The Balaban J connectivity index is 0.00000133. The van der Waals surface area contributed by atoms with Crippen molar-refractivity contribution in [3.8, 4) is 0 Å². The highest BCUT2D eigenvalue weighted by Gasteiger charge is 2.04. The van der Waals surface area contributed by atoms with E-state index in [-0.39, 0.29) is 12.4 Å². The predicted molar refractivity (Wildman–Crippen MR) is 81.5 cm³/mol. The minimum Gasteiger partial charge on any atom is -0.340 e. The number of nitrogens with zero attached hydrogens (tertiary/aromatic N) is 2. The number of benzene rings is 2. The van der Waals surface area contributed by atoms with Crippen LogP contribution in [0.25, 0.3) is 10.9 Å². The van der Waals surface area contributed by atoms with Crippen LogP contribution in [-0.2, 0) is 0 Å². The van der Waals surface area contributed by atoms with Crippen LogP contribution in [0.4, 0.5) is 11.5 Å². The van der Waals surface area contributed by atoms with Gasteiger partial charge in [0.25, 0.3) is 0 Å². The monoisotopic (exact) mass is 291 g/mol. The largest absolute Gasteiger partial charge is 0.340 e. The molecule has 1 N–H and O–H groups in total. The van der Waals surface area contributed by atoms with Crippen LogP contribution in [0.15, 0.2) is 54.9 Å². The van der Waals surface area contributed by atoms with Crippen molar-refractivity contribution < 1.29 is 0 Å². The van der Waals surface area contributed by atoms with E-state index in [9.17, 15) is 0 Å². The zero-order valence-corrected chi connectivity index (χ0v) is 11.4. The molecule has 5 heteroatoms. The summed E-state index contributed by atoms with van der Waals surface area (Å²) in [7, 11) is 0. The average molecular weight is 292 g/mol. The maximum absolute atomic E-state index is 5.95. The van der Waals surface area contributed by atoms with Crippen LogP contribution in [-0.4, -0.2) is 9.97 Å². The Labute approximate surface area is 122 Å². The van der Waals surface area contributed by atoms with Gasteiger partial charge in [0.1, 0.15) is 12.1 Å². The van der Waals surface area contributed by atoms with Crippen LogP contribution < -0.4 is 5.32 Å². The second-order valence-corrected chi connectivity index (χ2v) is 4.31. The molecule has 1 aromatic heterocycles. The van der Waals surface area contributed by atoms with Crippen molar-refractivity contribution in [3.05, 3.63) is 59.9 Å². The van der Waals surface area contributed by atoms with Crippen molar-refractivity contribution in [3.63, 3.8) is 0 Å². The summed E-state index contributed by atoms with van der Waals surface area (Å²) in [6, 6.07) is 15.5. The van der Waals surface area contributed by atoms with Crippen molar-refractivity contribution in [1.82, 2.24) is 9.97 Å². The average Bonchev–Trinajstić information content (AvgIpc) is 2.40. The van der Waals surface area contributed by atoms with Crippen LogP contribution in [0.5, 0.6) is 0 Å². The lowest BCUT2D eigenvalue weighted by Gasteiger charge is -2.08. The third-order valence-corrected chi connectivity index (χ3v) is 2.87. The quantitative estimate of drug-likeness (QED) is 0.758. The van der Waals surface area contributed by atoms with Gasteiger partial charge in [-0.15, -0.1) is 12.4 Å². The van der Waals surface area contributed by atoms with Crippen molar-refractivity contribution in [2.75, 3.05) is 5.32 Å². The second-order valence-electron chi connectivity index (χ2n) is 3.87. The van der Waals surface area contributed by atoms with Gasteiger partial charge in [-0.3, -0.25) is 0 Å². The Bertz CT molecular complexity index is 687. The van der Waals surface area contributed by atoms with Gasteiger partial charge in [0, 0.05) is 16.1 Å². The van der Waals surface area contributed by atoms with Crippen LogP contribution >= 0.6 is 24.0 Å². The second kappa shape index (κ2) is 5.87. The molecule has 0 radical (unpaired) electrons. The molecular formula is C14H11Cl2N3. The minimum atomic E-state index is 0. The van der Waals surface area contributed by atoms with Crippen LogP contribution in [0, 0.1) is 0 Å². The molecular weight excluding hydrogens is 281 g/mol. The Morgan fingerprint density at radius 3 is 2.53 bits per heavy atom. The highest BCUT2D eigenvalue weighted by molar-refractivity contribution is 6.31. The van der Waals surface area contributed by atoms with Gasteiger partial charge in [-0.25, -0.2) is 9.97 Å². The smallest absolute Gasteiger partial charge is 0.141 e. The first-order valence-corrected chi connectivity index (χ1v) is 5.93. The molecule has 0 aliphatic carbocycles. The van der Waals surface area contributed by atoms with Gasteiger partial charge in [-0.2, -0.15) is 0 Å². The van der Waals surface area contributed by atoms with E-state index >= 15 is 0 Å². The number of hydrogen-bond donors (Lipinski definition) is 1. The highest BCUT2D eigenvalue weighted by atomic mass is 35.5. The Morgan fingerprint density at radius 2 is 1.74 bits per heavy atom. The van der Waals surface area contributed by atoms with E-state index in [1.165, 1.54) is 6.33 Å². The fourth-order valence-electron chi connectivity index (χ4n) is 1.79. The maximum atomic E-state index is 5.95. The third-order valence-electron chi connectivity index (χ3n) is 2.64. The predicted octanol–water partition coefficient (Wildman–Crippen LogP) is 4.45. The van der Waals surface area contributed by atoms with Crippen molar-refractivity contribution in [2.45, 2.75) is 0 Å². The number of anilines is 2. The Kier molecular flexibility index (Phi) is 4.20. The van der Waals surface area contributed by atoms with Crippen molar-refractivity contribution >= 4 is 46.4 Å². The number of halogens is 2. The number of rotatable bonds is 2.